The number of hydrogen-bond acceptors (Lipinski definition) is 2. The highest BCUT2D eigenvalue weighted by Gasteiger charge is 2.39. The molecule has 0 aliphatic heterocycles. The first-order valence-corrected chi connectivity index (χ1v) is 9.30. The van der Waals surface area contributed by atoms with Gasteiger partial charge in [-0.3, -0.25) is 0 Å². The molecule has 0 spiro atoms. The predicted octanol–water partition coefficient (Wildman–Crippen LogP) is 4.74. The maximum absolute atomic E-state index is 14.1. The molecule has 2 aromatic carbocycles. The van der Waals surface area contributed by atoms with Crippen molar-refractivity contribution in [2.45, 2.75) is 44.1 Å². The molecule has 1 aliphatic carbocycles. The second-order valence-electron chi connectivity index (χ2n) is 7.69. The Kier molecular flexibility index (Phi) is 5.61. The highest BCUT2D eigenvalue weighted by atomic mass is 19.1. The smallest absolute Gasteiger partial charge is 0.129 e. The summed E-state index contributed by atoms with van der Waals surface area (Å²) in [6.07, 6.45) is 4.56. The van der Waals surface area contributed by atoms with Crippen LogP contribution in [0.3, 0.4) is 0 Å². The van der Waals surface area contributed by atoms with Crippen LogP contribution in [0.25, 0.3) is 0 Å². The van der Waals surface area contributed by atoms with Crippen molar-refractivity contribution in [2.24, 2.45) is 5.92 Å². The van der Waals surface area contributed by atoms with Crippen LogP contribution in [0.2, 0.25) is 0 Å². The van der Waals surface area contributed by atoms with Gasteiger partial charge in [-0.05, 0) is 48.4 Å². The summed E-state index contributed by atoms with van der Waals surface area (Å²) in [5.41, 5.74) is 1.77. The first kappa shape index (κ1) is 18.8. The molecular formula is C22H27F2NO. The lowest BCUT2D eigenvalue weighted by atomic mass is 9.70. The summed E-state index contributed by atoms with van der Waals surface area (Å²) in [5.74, 6) is -1.10. The maximum atomic E-state index is 14.1. The summed E-state index contributed by atoms with van der Waals surface area (Å²) in [6.45, 7) is 0. The predicted molar refractivity (Wildman–Crippen MR) is 101 cm³/mol. The molecule has 2 nitrogen and oxygen atoms in total. The normalized spacial score (nSPS) is 23.0. The molecule has 0 saturated heterocycles. The van der Waals surface area contributed by atoms with Gasteiger partial charge in [-0.1, -0.05) is 37.1 Å². The number of rotatable bonds is 5. The van der Waals surface area contributed by atoms with Gasteiger partial charge in [-0.25, -0.2) is 8.78 Å². The molecular weight excluding hydrogens is 332 g/mol. The number of nitrogens with zero attached hydrogens (tertiary/aromatic N) is 1. The standard InChI is InChI=1S/C22H27F2NO/c1-25(2)21-9-4-3-7-16(21)13-18-8-5-6-12-22(18,26)15-17-10-11-19(23)14-20(17)24/h3-4,7,9-11,14,18,26H,5-6,8,12-13,15H2,1-2H3. The van der Waals surface area contributed by atoms with E-state index in [1.54, 1.807) is 0 Å². The van der Waals surface area contributed by atoms with Crippen LogP contribution in [-0.4, -0.2) is 24.8 Å². The Balaban J connectivity index is 1.85. The van der Waals surface area contributed by atoms with Crippen molar-refractivity contribution < 1.29 is 13.9 Å². The zero-order valence-electron chi connectivity index (χ0n) is 15.5. The van der Waals surface area contributed by atoms with Gasteiger partial charge in [-0.15, -0.1) is 0 Å². The van der Waals surface area contributed by atoms with Crippen LogP contribution < -0.4 is 4.90 Å². The van der Waals surface area contributed by atoms with Crippen LogP contribution in [0.4, 0.5) is 14.5 Å². The Hall–Kier alpha value is -1.94. The zero-order valence-corrected chi connectivity index (χ0v) is 15.5. The monoisotopic (exact) mass is 359 g/mol. The second-order valence-corrected chi connectivity index (χ2v) is 7.69. The number of hydrogen-bond donors (Lipinski definition) is 1. The van der Waals surface area contributed by atoms with Gasteiger partial charge in [0.1, 0.15) is 11.6 Å². The van der Waals surface area contributed by atoms with E-state index in [1.165, 1.54) is 17.7 Å². The van der Waals surface area contributed by atoms with E-state index >= 15 is 0 Å². The molecule has 2 atom stereocenters. The number of halogens is 2. The molecule has 1 fully saturated rings. The summed E-state index contributed by atoms with van der Waals surface area (Å²) < 4.78 is 27.3. The van der Waals surface area contributed by atoms with Crippen molar-refractivity contribution in [3.8, 4) is 0 Å². The highest BCUT2D eigenvalue weighted by Crippen LogP contribution is 2.40. The molecule has 1 aliphatic rings. The molecule has 2 aromatic rings. The fourth-order valence-corrected chi connectivity index (χ4v) is 4.20. The number of anilines is 1. The molecule has 140 valence electrons. The van der Waals surface area contributed by atoms with E-state index in [9.17, 15) is 13.9 Å². The van der Waals surface area contributed by atoms with Crippen molar-refractivity contribution in [1.29, 1.82) is 0 Å². The van der Waals surface area contributed by atoms with E-state index in [-0.39, 0.29) is 12.3 Å². The topological polar surface area (TPSA) is 23.5 Å². The second kappa shape index (κ2) is 7.75. The minimum absolute atomic E-state index is 0.0572. The van der Waals surface area contributed by atoms with Crippen molar-refractivity contribution in [1.82, 2.24) is 0 Å². The van der Waals surface area contributed by atoms with E-state index in [4.69, 9.17) is 0 Å². The molecule has 26 heavy (non-hydrogen) atoms. The minimum atomic E-state index is -0.962. The molecule has 1 N–H and O–H groups in total. The first-order chi connectivity index (χ1) is 12.4. The average Bonchev–Trinajstić information content (AvgIpc) is 2.60. The van der Waals surface area contributed by atoms with Crippen molar-refractivity contribution in [3.05, 3.63) is 65.2 Å². The van der Waals surface area contributed by atoms with Crippen LogP contribution in [-0.2, 0) is 12.8 Å². The highest BCUT2D eigenvalue weighted by molar-refractivity contribution is 5.52. The quantitative estimate of drug-likeness (QED) is 0.834. The molecule has 1 saturated carbocycles. The van der Waals surface area contributed by atoms with Gasteiger partial charge in [0.2, 0.25) is 0 Å². The summed E-state index contributed by atoms with van der Waals surface area (Å²) in [4.78, 5) is 2.08. The summed E-state index contributed by atoms with van der Waals surface area (Å²) in [7, 11) is 4.03. The third-order valence-corrected chi connectivity index (χ3v) is 5.62. The zero-order chi connectivity index (χ0) is 18.7. The van der Waals surface area contributed by atoms with Gasteiger partial charge in [0.15, 0.2) is 0 Å². The van der Waals surface area contributed by atoms with Gasteiger partial charge in [-0.2, -0.15) is 0 Å². The lowest BCUT2D eigenvalue weighted by molar-refractivity contribution is -0.0481. The third kappa shape index (κ3) is 4.07. The average molecular weight is 359 g/mol. The lowest BCUT2D eigenvalue weighted by Gasteiger charge is -2.41. The Labute approximate surface area is 154 Å². The fourth-order valence-electron chi connectivity index (χ4n) is 4.20. The third-order valence-electron chi connectivity index (χ3n) is 5.62. The van der Waals surface area contributed by atoms with Gasteiger partial charge < -0.3 is 10.0 Å². The van der Waals surface area contributed by atoms with Gasteiger partial charge in [0.25, 0.3) is 0 Å². The van der Waals surface area contributed by atoms with Crippen molar-refractivity contribution >= 4 is 5.69 Å². The van der Waals surface area contributed by atoms with Gasteiger partial charge >= 0.3 is 0 Å². The largest absolute Gasteiger partial charge is 0.389 e. The number of benzene rings is 2. The molecule has 0 amide bonds. The van der Waals surface area contributed by atoms with Crippen molar-refractivity contribution in [2.75, 3.05) is 19.0 Å². The summed E-state index contributed by atoms with van der Waals surface area (Å²) in [5, 5.41) is 11.4. The van der Waals surface area contributed by atoms with Crippen LogP contribution in [0.15, 0.2) is 42.5 Å². The Morgan fingerprint density at radius 3 is 2.58 bits per heavy atom. The first-order valence-electron chi connectivity index (χ1n) is 9.30. The fraction of sp³-hybridized carbons (Fsp3) is 0.455. The molecule has 0 radical (unpaired) electrons. The summed E-state index contributed by atoms with van der Waals surface area (Å²) in [6, 6.07) is 11.8. The molecule has 0 bridgehead atoms. The summed E-state index contributed by atoms with van der Waals surface area (Å²) >= 11 is 0. The van der Waals surface area contributed by atoms with Crippen LogP contribution in [0, 0.1) is 17.6 Å². The Morgan fingerprint density at radius 1 is 1.08 bits per heavy atom. The number of aliphatic hydroxyl groups is 1. The number of para-hydroxylation sites is 1. The minimum Gasteiger partial charge on any atom is -0.389 e. The van der Waals surface area contributed by atoms with E-state index in [1.807, 2.05) is 26.2 Å². The lowest BCUT2D eigenvalue weighted by Crippen LogP contribution is -2.44. The van der Waals surface area contributed by atoms with E-state index < -0.39 is 17.2 Å². The van der Waals surface area contributed by atoms with Gasteiger partial charge in [0.05, 0.1) is 5.60 Å². The van der Waals surface area contributed by atoms with E-state index in [2.05, 4.69) is 17.0 Å². The van der Waals surface area contributed by atoms with E-state index in [0.29, 0.717) is 12.0 Å². The molecule has 2 unspecified atom stereocenters. The molecule has 4 heteroatoms. The van der Waals surface area contributed by atoms with Crippen LogP contribution >= 0.6 is 0 Å². The molecule has 0 aromatic heterocycles. The van der Waals surface area contributed by atoms with Crippen LogP contribution in [0.1, 0.15) is 36.8 Å². The maximum Gasteiger partial charge on any atom is 0.129 e. The Morgan fingerprint density at radius 2 is 1.85 bits per heavy atom. The molecule has 3 rings (SSSR count). The van der Waals surface area contributed by atoms with Gasteiger partial charge in [0, 0.05) is 32.3 Å². The van der Waals surface area contributed by atoms with Crippen LogP contribution in [0.5, 0.6) is 0 Å². The molecule has 0 heterocycles. The van der Waals surface area contributed by atoms with E-state index in [0.717, 1.165) is 37.4 Å². The SMILES string of the molecule is CN(C)c1ccccc1CC1CCCCC1(O)Cc1ccc(F)cc1F. The van der Waals surface area contributed by atoms with Crippen molar-refractivity contribution in [3.63, 3.8) is 0 Å². The Bertz CT molecular complexity index is 762.